The van der Waals surface area contributed by atoms with E-state index in [1.54, 1.807) is 11.3 Å². The molecule has 0 fully saturated rings. The van der Waals surface area contributed by atoms with Gasteiger partial charge in [-0.15, -0.1) is 11.3 Å². The van der Waals surface area contributed by atoms with Crippen molar-refractivity contribution in [2.24, 2.45) is 0 Å². The van der Waals surface area contributed by atoms with Crippen molar-refractivity contribution in [1.82, 2.24) is 0 Å². The zero-order valence-corrected chi connectivity index (χ0v) is 7.11. The Morgan fingerprint density at radius 1 is 1.70 bits per heavy atom. The minimum atomic E-state index is -0.258. The van der Waals surface area contributed by atoms with Crippen molar-refractivity contribution in [3.05, 3.63) is 21.9 Å². The topological polar surface area (TPSA) is 20.2 Å². The van der Waals surface area contributed by atoms with E-state index in [0.29, 0.717) is 0 Å². The molecule has 1 aromatic heterocycles. The van der Waals surface area contributed by atoms with Crippen LogP contribution in [0.1, 0.15) is 29.9 Å². The lowest BCUT2D eigenvalue weighted by molar-refractivity contribution is 0.173. The summed E-state index contributed by atoms with van der Waals surface area (Å²) in [6, 6.07) is 1.99. The zero-order valence-electron chi connectivity index (χ0n) is 6.29. The summed E-state index contributed by atoms with van der Waals surface area (Å²) in [5.74, 6) is 0. The van der Waals surface area contributed by atoms with E-state index >= 15 is 0 Å². The zero-order chi connectivity index (χ0) is 7.56. The number of rotatable bonds is 2. The summed E-state index contributed by atoms with van der Waals surface area (Å²) in [4.78, 5) is 1.23. The SMILES string of the molecule is CCC(O)c1ccsc1C. The molecule has 56 valence electrons. The second-order valence-electron chi connectivity index (χ2n) is 2.36. The summed E-state index contributed by atoms with van der Waals surface area (Å²) in [7, 11) is 0. The molecule has 0 aliphatic heterocycles. The Kier molecular flexibility index (Phi) is 2.46. The van der Waals surface area contributed by atoms with E-state index in [1.807, 2.05) is 25.3 Å². The molecule has 2 heteroatoms. The van der Waals surface area contributed by atoms with Crippen LogP contribution in [-0.2, 0) is 0 Å². The maximum Gasteiger partial charge on any atom is 0.0798 e. The number of hydrogen-bond acceptors (Lipinski definition) is 2. The number of aliphatic hydroxyl groups is 1. The summed E-state index contributed by atoms with van der Waals surface area (Å²) in [5.41, 5.74) is 1.09. The summed E-state index contributed by atoms with van der Waals surface area (Å²) in [6.07, 6.45) is 0.545. The van der Waals surface area contributed by atoms with Crippen LogP contribution in [0.5, 0.6) is 0 Å². The lowest BCUT2D eigenvalue weighted by atomic mass is 10.1. The average molecular weight is 156 g/mol. The monoisotopic (exact) mass is 156 g/mol. The Bertz CT molecular complexity index is 205. The largest absolute Gasteiger partial charge is 0.388 e. The maximum atomic E-state index is 9.41. The van der Waals surface area contributed by atoms with E-state index in [9.17, 15) is 5.11 Å². The van der Waals surface area contributed by atoms with Crippen LogP contribution in [0.2, 0.25) is 0 Å². The maximum absolute atomic E-state index is 9.41. The van der Waals surface area contributed by atoms with E-state index in [2.05, 4.69) is 0 Å². The Balaban J connectivity index is 2.82. The molecule has 0 amide bonds. The molecule has 1 aromatic rings. The predicted octanol–water partition coefficient (Wildman–Crippen LogP) is 2.50. The predicted molar refractivity (Wildman–Crippen MR) is 44.3 cm³/mol. The van der Waals surface area contributed by atoms with Gasteiger partial charge >= 0.3 is 0 Å². The van der Waals surface area contributed by atoms with Crippen molar-refractivity contribution in [2.75, 3.05) is 0 Å². The van der Waals surface area contributed by atoms with Gasteiger partial charge in [0.2, 0.25) is 0 Å². The molecule has 0 aliphatic rings. The lowest BCUT2D eigenvalue weighted by Gasteiger charge is -2.05. The van der Waals surface area contributed by atoms with Gasteiger partial charge in [-0.25, -0.2) is 0 Å². The Morgan fingerprint density at radius 2 is 2.40 bits per heavy atom. The van der Waals surface area contributed by atoms with Gasteiger partial charge in [-0.3, -0.25) is 0 Å². The first-order valence-corrected chi connectivity index (χ1v) is 4.35. The van der Waals surface area contributed by atoms with Crippen LogP contribution in [0.4, 0.5) is 0 Å². The smallest absolute Gasteiger partial charge is 0.0798 e. The van der Waals surface area contributed by atoms with E-state index in [0.717, 1.165) is 12.0 Å². The molecular weight excluding hydrogens is 144 g/mol. The van der Waals surface area contributed by atoms with Crippen LogP contribution in [0, 0.1) is 6.92 Å². The van der Waals surface area contributed by atoms with Gasteiger partial charge in [0.1, 0.15) is 0 Å². The Labute approximate surface area is 65.3 Å². The molecule has 1 atom stereocenters. The molecule has 0 radical (unpaired) electrons. The molecule has 1 unspecified atom stereocenters. The molecule has 0 aliphatic carbocycles. The van der Waals surface area contributed by atoms with Crippen LogP contribution >= 0.6 is 11.3 Å². The van der Waals surface area contributed by atoms with Gasteiger partial charge in [-0.2, -0.15) is 0 Å². The van der Waals surface area contributed by atoms with Crippen molar-refractivity contribution in [2.45, 2.75) is 26.4 Å². The van der Waals surface area contributed by atoms with E-state index in [-0.39, 0.29) is 6.10 Å². The molecule has 10 heavy (non-hydrogen) atoms. The third kappa shape index (κ3) is 1.39. The molecular formula is C8H12OS. The third-order valence-corrected chi connectivity index (χ3v) is 2.51. The highest BCUT2D eigenvalue weighted by molar-refractivity contribution is 7.10. The second-order valence-corrected chi connectivity index (χ2v) is 3.48. The molecule has 0 bridgehead atoms. The Morgan fingerprint density at radius 3 is 2.80 bits per heavy atom. The van der Waals surface area contributed by atoms with Crippen LogP contribution in [0.3, 0.4) is 0 Å². The van der Waals surface area contributed by atoms with E-state index in [1.165, 1.54) is 4.88 Å². The summed E-state index contributed by atoms with van der Waals surface area (Å²) in [6.45, 7) is 4.03. The van der Waals surface area contributed by atoms with Crippen molar-refractivity contribution >= 4 is 11.3 Å². The number of aliphatic hydroxyl groups excluding tert-OH is 1. The first-order valence-electron chi connectivity index (χ1n) is 3.47. The van der Waals surface area contributed by atoms with Gasteiger partial charge in [-0.1, -0.05) is 6.92 Å². The van der Waals surface area contributed by atoms with Crippen molar-refractivity contribution in [1.29, 1.82) is 0 Å². The van der Waals surface area contributed by atoms with Crippen LogP contribution < -0.4 is 0 Å². The minimum Gasteiger partial charge on any atom is -0.388 e. The summed E-state index contributed by atoms with van der Waals surface area (Å²) >= 11 is 1.69. The lowest BCUT2D eigenvalue weighted by Crippen LogP contribution is -1.93. The van der Waals surface area contributed by atoms with Crippen molar-refractivity contribution in [3.8, 4) is 0 Å². The van der Waals surface area contributed by atoms with Gasteiger partial charge in [0.25, 0.3) is 0 Å². The van der Waals surface area contributed by atoms with Gasteiger partial charge < -0.3 is 5.11 Å². The molecule has 1 nitrogen and oxygen atoms in total. The molecule has 0 saturated heterocycles. The van der Waals surface area contributed by atoms with E-state index < -0.39 is 0 Å². The third-order valence-electron chi connectivity index (χ3n) is 1.64. The van der Waals surface area contributed by atoms with Crippen molar-refractivity contribution < 1.29 is 5.11 Å². The molecule has 1 N–H and O–H groups in total. The Hall–Kier alpha value is -0.340. The number of hydrogen-bond donors (Lipinski definition) is 1. The second kappa shape index (κ2) is 3.17. The molecule has 1 heterocycles. The summed E-state index contributed by atoms with van der Waals surface area (Å²) < 4.78 is 0. The first kappa shape index (κ1) is 7.76. The highest BCUT2D eigenvalue weighted by Crippen LogP contribution is 2.23. The fourth-order valence-electron chi connectivity index (χ4n) is 0.960. The molecule has 0 spiro atoms. The molecule has 0 saturated carbocycles. The quantitative estimate of drug-likeness (QED) is 0.697. The van der Waals surface area contributed by atoms with E-state index in [4.69, 9.17) is 0 Å². The van der Waals surface area contributed by atoms with Gasteiger partial charge in [0.15, 0.2) is 0 Å². The standard InChI is InChI=1S/C8H12OS/c1-3-8(9)7-4-5-10-6(7)2/h4-5,8-9H,3H2,1-2H3. The minimum absolute atomic E-state index is 0.258. The van der Waals surface area contributed by atoms with Crippen molar-refractivity contribution in [3.63, 3.8) is 0 Å². The fourth-order valence-corrected chi connectivity index (χ4v) is 1.72. The van der Waals surface area contributed by atoms with Crippen LogP contribution in [0.15, 0.2) is 11.4 Å². The molecule has 0 aromatic carbocycles. The summed E-state index contributed by atoms with van der Waals surface area (Å²) in [5, 5.41) is 11.4. The van der Waals surface area contributed by atoms with Crippen LogP contribution in [-0.4, -0.2) is 5.11 Å². The molecule has 1 rings (SSSR count). The average Bonchev–Trinajstić information content (AvgIpc) is 2.34. The highest BCUT2D eigenvalue weighted by atomic mass is 32.1. The number of aryl methyl sites for hydroxylation is 1. The first-order chi connectivity index (χ1) is 4.75. The van der Waals surface area contributed by atoms with Crippen LogP contribution in [0.25, 0.3) is 0 Å². The van der Waals surface area contributed by atoms with Gasteiger partial charge in [0, 0.05) is 4.88 Å². The van der Waals surface area contributed by atoms with Gasteiger partial charge in [0.05, 0.1) is 6.10 Å². The number of thiophene rings is 1. The highest BCUT2D eigenvalue weighted by Gasteiger charge is 2.07. The fraction of sp³-hybridized carbons (Fsp3) is 0.500. The van der Waals surface area contributed by atoms with Gasteiger partial charge in [-0.05, 0) is 30.4 Å². The normalized spacial score (nSPS) is 13.5.